The summed E-state index contributed by atoms with van der Waals surface area (Å²) >= 11 is 0. The summed E-state index contributed by atoms with van der Waals surface area (Å²) < 4.78 is 0. The van der Waals surface area contributed by atoms with Crippen molar-refractivity contribution in [1.82, 2.24) is 10.5 Å². The van der Waals surface area contributed by atoms with Crippen molar-refractivity contribution in [3.63, 3.8) is 0 Å². The molecule has 0 atom stereocenters. The molecule has 2 aliphatic carbocycles. The van der Waals surface area contributed by atoms with Crippen LogP contribution in [0.1, 0.15) is 46.9 Å². The Labute approximate surface area is 253 Å². The quantitative estimate of drug-likeness (QED) is 0.156. The van der Waals surface area contributed by atoms with E-state index in [1.165, 1.54) is 0 Å². The first-order valence-corrected chi connectivity index (χ1v) is 14.1. The number of hydrogen-bond acceptors (Lipinski definition) is 8. The third-order valence-electron chi connectivity index (χ3n) is 7.75. The second-order valence-corrected chi connectivity index (χ2v) is 10.3. The van der Waals surface area contributed by atoms with Gasteiger partial charge in [0, 0.05) is 11.8 Å². The molecule has 44 heavy (non-hydrogen) atoms. The zero-order chi connectivity index (χ0) is 30.5. The number of carbonyl (C=O) groups is 4. The third-order valence-corrected chi connectivity index (χ3v) is 7.75. The highest BCUT2D eigenvalue weighted by Gasteiger charge is 2.31. The second kappa shape index (κ2) is 12.9. The Bertz CT molecular complexity index is 1490. The lowest BCUT2D eigenvalue weighted by molar-refractivity contribution is -0.318. The van der Waals surface area contributed by atoms with Gasteiger partial charge < -0.3 is 9.68 Å². The molecule has 0 N–H and O–H groups in total. The zero-order valence-corrected chi connectivity index (χ0v) is 23.5. The van der Waals surface area contributed by atoms with Gasteiger partial charge in [0.1, 0.15) is 0 Å². The summed E-state index contributed by atoms with van der Waals surface area (Å²) in [6, 6.07) is 31.6. The van der Waals surface area contributed by atoms with Gasteiger partial charge >= 0.3 is 11.9 Å². The van der Waals surface area contributed by atoms with E-state index >= 15 is 0 Å². The van der Waals surface area contributed by atoms with Crippen LogP contribution in [0.4, 0.5) is 0 Å². The molecule has 4 aromatic carbocycles. The first-order chi connectivity index (χ1) is 21.6. The number of amides is 2. The van der Waals surface area contributed by atoms with Crippen LogP contribution in [0.15, 0.2) is 97.1 Å². The minimum atomic E-state index is -0.904. The molecule has 0 fully saturated rings. The lowest BCUT2D eigenvalue weighted by Gasteiger charge is -2.20. The molecule has 6 rings (SSSR count). The third kappa shape index (κ3) is 5.81. The van der Waals surface area contributed by atoms with E-state index in [2.05, 4.69) is 0 Å². The number of hydroxylamine groups is 4. The van der Waals surface area contributed by atoms with Crippen LogP contribution in [-0.4, -0.2) is 48.4 Å². The summed E-state index contributed by atoms with van der Waals surface area (Å²) in [5, 5.41) is 0.880. The van der Waals surface area contributed by atoms with Crippen molar-refractivity contribution in [2.75, 3.05) is 13.2 Å². The molecule has 2 amide bonds. The largest absolute Gasteiger partial charge is 0.336 e. The Hall–Kier alpha value is -5.32. The number of carbonyl (C=O) groups excluding carboxylic acids is 4. The first-order valence-electron chi connectivity index (χ1n) is 14.1. The van der Waals surface area contributed by atoms with Crippen LogP contribution in [0.25, 0.3) is 22.3 Å². The molecule has 4 aromatic rings. The molecule has 10 nitrogen and oxygen atoms in total. The van der Waals surface area contributed by atoms with Gasteiger partial charge in [0.25, 0.3) is 12.8 Å². The maximum Gasteiger partial charge on any atom is 0.336 e. The highest BCUT2D eigenvalue weighted by molar-refractivity contribution is 5.80. The molecule has 0 aliphatic heterocycles. The molecule has 0 aromatic heterocycles. The van der Waals surface area contributed by atoms with E-state index in [9.17, 15) is 19.2 Å². The average Bonchev–Trinajstić information content (AvgIpc) is 3.56. The maximum absolute atomic E-state index is 12.4. The van der Waals surface area contributed by atoms with Crippen molar-refractivity contribution < 1.29 is 38.5 Å². The number of benzene rings is 4. The fourth-order valence-electron chi connectivity index (χ4n) is 5.83. The smallest absolute Gasteiger partial charge is 0.312 e. The molecule has 0 unspecified atom stereocenters. The standard InChI is InChI=1S/C34H28N2O8/c37-21-35(41-19-31-27-13-5-1-9-23(27)24-10-2-6-14-28(24)31)43-33(39)17-18-34(40)44-36(22-38)42-20-32-29-15-7-3-11-25(29)26-12-4-8-16-30(26)32/h1-16,21-22,31-32H,17-20H2. The van der Waals surface area contributed by atoms with E-state index in [4.69, 9.17) is 19.4 Å². The van der Waals surface area contributed by atoms with Crippen LogP contribution in [0.2, 0.25) is 0 Å². The monoisotopic (exact) mass is 592 g/mol. The minimum absolute atomic E-state index is 0.0453. The molecule has 0 radical (unpaired) electrons. The van der Waals surface area contributed by atoms with Crippen molar-refractivity contribution in [3.8, 4) is 22.3 Å². The number of nitrogens with zero attached hydrogens (tertiary/aromatic N) is 2. The van der Waals surface area contributed by atoms with Gasteiger partial charge in [0.15, 0.2) is 0 Å². The van der Waals surface area contributed by atoms with Crippen LogP contribution in [0, 0.1) is 0 Å². The van der Waals surface area contributed by atoms with Crippen molar-refractivity contribution in [3.05, 3.63) is 119 Å². The van der Waals surface area contributed by atoms with Crippen LogP contribution in [0.5, 0.6) is 0 Å². The molecule has 0 spiro atoms. The predicted octanol–water partition coefficient (Wildman–Crippen LogP) is 5.09. The summed E-state index contributed by atoms with van der Waals surface area (Å²) in [7, 11) is 0. The van der Waals surface area contributed by atoms with Gasteiger partial charge in [-0.25, -0.2) is 19.3 Å². The normalized spacial score (nSPS) is 12.8. The molecule has 222 valence electrons. The topological polar surface area (TPSA) is 112 Å². The van der Waals surface area contributed by atoms with E-state index in [1.54, 1.807) is 0 Å². The molecule has 0 saturated carbocycles. The molecular formula is C34H28N2O8. The SMILES string of the molecule is O=CN(OCC1c2ccccc2-c2ccccc21)OC(=O)CCC(=O)ON(C=O)OCC1c2ccccc2-c2ccccc21. The summed E-state index contributed by atoms with van der Waals surface area (Å²) in [5.74, 6) is -2.14. The summed E-state index contributed by atoms with van der Waals surface area (Å²) in [5.41, 5.74) is 8.47. The average molecular weight is 593 g/mol. The molecule has 0 saturated heterocycles. The lowest BCUT2D eigenvalue weighted by Crippen LogP contribution is -2.30. The Morgan fingerprint density at radius 3 is 1.11 bits per heavy atom. The molecule has 0 heterocycles. The van der Waals surface area contributed by atoms with Gasteiger partial charge in [-0.15, -0.1) is 0 Å². The highest BCUT2D eigenvalue weighted by atomic mass is 17.0. The zero-order valence-electron chi connectivity index (χ0n) is 23.5. The Morgan fingerprint density at radius 1 is 0.523 bits per heavy atom. The van der Waals surface area contributed by atoms with E-state index in [1.807, 2.05) is 97.1 Å². The minimum Gasteiger partial charge on any atom is -0.312 e. The molecule has 2 aliphatic rings. The fourth-order valence-corrected chi connectivity index (χ4v) is 5.83. The van der Waals surface area contributed by atoms with Crippen LogP contribution >= 0.6 is 0 Å². The second-order valence-electron chi connectivity index (χ2n) is 10.3. The molecule has 0 bridgehead atoms. The van der Waals surface area contributed by atoms with Crippen LogP contribution < -0.4 is 0 Å². The summed E-state index contributed by atoms with van der Waals surface area (Å²) in [6.07, 6.45) is -0.413. The van der Waals surface area contributed by atoms with Gasteiger partial charge in [-0.3, -0.25) is 9.59 Å². The maximum atomic E-state index is 12.4. The van der Waals surface area contributed by atoms with Gasteiger partial charge in [-0.05, 0) is 55.0 Å². The van der Waals surface area contributed by atoms with E-state index in [0.29, 0.717) is 10.5 Å². The van der Waals surface area contributed by atoms with E-state index in [-0.39, 0.29) is 37.9 Å². The van der Waals surface area contributed by atoms with Gasteiger partial charge in [0.05, 0.1) is 26.1 Å². The van der Waals surface area contributed by atoms with E-state index < -0.39 is 24.8 Å². The van der Waals surface area contributed by atoms with Gasteiger partial charge in [0.2, 0.25) is 0 Å². The number of rotatable bonds is 13. The van der Waals surface area contributed by atoms with Crippen LogP contribution in [-0.2, 0) is 38.5 Å². The van der Waals surface area contributed by atoms with Gasteiger partial charge in [-0.2, -0.15) is 0 Å². The Morgan fingerprint density at radius 2 is 0.818 bits per heavy atom. The Kier molecular flexibility index (Phi) is 8.44. The highest BCUT2D eigenvalue weighted by Crippen LogP contribution is 2.45. The first kappa shape index (κ1) is 28.8. The Balaban J connectivity index is 0.975. The van der Waals surface area contributed by atoms with Crippen molar-refractivity contribution in [2.45, 2.75) is 24.7 Å². The van der Waals surface area contributed by atoms with Crippen LogP contribution in [0.3, 0.4) is 0 Å². The summed E-state index contributed by atoms with van der Waals surface area (Å²) in [4.78, 5) is 68.9. The predicted molar refractivity (Wildman–Crippen MR) is 157 cm³/mol. The number of fused-ring (bicyclic) bond motifs is 6. The van der Waals surface area contributed by atoms with Crippen molar-refractivity contribution >= 4 is 24.8 Å². The van der Waals surface area contributed by atoms with Crippen molar-refractivity contribution in [2.24, 2.45) is 0 Å². The summed E-state index contributed by atoms with van der Waals surface area (Å²) in [6.45, 7) is 0.0906. The lowest BCUT2D eigenvalue weighted by atomic mass is 9.98. The molecular weight excluding hydrogens is 564 g/mol. The van der Waals surface area contributed by atoms with Gasteiger partial charge in [-0.1, -0.05) is 97.1 Å². The molecule has 10 heteroatoms. The van der Waals surface area contributed by atoms with E-state index in [0.717, 1.165) is 44.5 Å². The number of hydrogen-bond donors (Lipinski definition) is 0. The van der Waals surface area contributed by atoms with Crippen molar-refractivity contribution in [1.29, 1.82) is 0 Å². The fraction of sp³-hybridized carbons (Fsp3) is 0.176.